The number of aliphatic hydroxyl groups is 1. The Hall–Kier alpha value is -1.82. The zero-order chi connectivity index (χ0) is 12.4. The topological polar surface area (TPSA) is 81.8 Å². The monoisotopic (exact) mass is 226 g/mol. The van der Waals surface area contributed by atoms with Crippen LogP contribution < -0.4 is 9.47 Å². The minimum atomic E-state index is -0.559. The Morgan fingerprint density at radius 1 is 1.75 bits per heavy atom. The fraction of sp³-hybridized carbons (Fsp3) is 0.400. The van der Waals surface area contributed by atoms with Crippen molar-refractivity contribution in [1.82, 2.24) is 0 Å². The van der Waals surface area contributed by atoms with E-state index in [1.807, 2.05) is 0 Å². The van der Waals surface area contributed by atoms with Crippen molar-refractivity contribution in [2.75, 3.05) is 13.2 Å². The molecule has 0 spiro atoms. The van der Waals surface area contributed by atoms with Crippen molar-refractivity contribution in [2.24, 2.45) is 0 Å². The summed E-state index contributed by atoms with van der Waals surface area (Å²) < 4.78 is 18.0. The number of nitro groups is 1. The number of ether oxygens (including phenoxy) is 2. The third-order valence-electron chi connectivity index (χ3n) is 2.31. The van der Waals surface area contributed by atoms with Crippen LogP contribution in [-0.2, 0) is 0 Å². The standard InChI is InChI=1S/C10H11NO5/c1-6-8(11(13)14)2-3-9-10(6)16-7(4-12)5-15-9/h2-3,7,12H,4-5H2,1H3/i1D. The van der Waals surface area contributed by atoms with Gasteiger partial charge in [0.1, 0.15) is 6.61 Å². The molecule has 0 aromatic heterocycles. The summed E-state index contributed by atoms with van der Waals surface area (Å²) in [6.45, 7) is -0.320. The van der Waals surface area contributed by atoms with E-state index >= 15 is 0 Å². The van der Waals surface area contributed by atoms with Gasteiger partial charge in [-0.15, -0.1) is 0 Å². The van der Waals surface area contributed by atoms with Crippen LogP contribution in [-0.4, -0.2) is 29.3 Å². The van der Waals surface area contributed by atoms with Gasteiger partial charge in [0.2, 0.25) is 0 Å². The molecule has 16 heavy (non-hydrogen) atoms. The maximum atomic E-state index is 10.8. The fourth-order valence-corrected chi connectivity index (χ4v) is 1.48. The van der Waals surface area contributed by atoms with Gasteiger partial charge in [-0.3, -0.25) is 10.1 Å². The van der Waals surface area contributed by atoms with E-state index in [9.17, 15) is 10.1 Å². The zero-order valence-electron chi connectivity index (χ0n) is 9.38. The van der Waals surface area contributed by atoms with Gasteiger partial charge in [-0.05, 0) is 13.0 Å². The average Bonchev–Trinajstić information content (AvgIpc) is 2.36. The quantitative estimate of drug-likeness (QED) is 0.601. The Bertz CT molecular complexity index is 451. The normalized spacial score (nSPS) is 19.1. The second-order valence-corrected chi connectivity index (χ2v) is 3.38. The average molecular weight is 226 g/mol. The number of rotatable bonds is 2. The van der Waals surface area contributed by atoms with E-state index in [2.05, 4.69) is 0 Å². The molecule has 6 heteroatoms. The molecule has 1 aromatic rings. The highest BCUT2D eigenvalue weighted by Crippen LogP contribution is 2.39. The predicted molar refractivity (Wildman–Crippen MR) is 54.8 cm³/mol. The molecule has 1 atom stereocenters. The van der Waals surface area contributed by atoms with Crippen molar-refractivity contribution in [2.45, 2.75) is 13.0 Å². The molecule has 86 valence electrons. The minimum Gasteiger partial charge on any atom is -0.486 e. The molecule has 0 amide bonds. The van der Waals surface area contributed by atoms with E-state index in [1.165, 1.54) is 12.1 Å². The van der Waals surface area contributed by atoms with Crippen molar-refractivity contribution < 1.29 is 20.9 Å². The first-order chi connectivity index (χ1) is 8.17. The van der Waals surface area contributed by atoms with Gasteiger partial charge in [0, 0.05) is 7.44 Å². The maximum Gasteiger partial charge on any atom is 0.276 e. The molecule has 1 unspecified atom stereocenters. The maximum absolute atomic E-state index is 10.8. The number of nitrogens with zero attached hydrogens (tertiary/aromatic N) is 1. The molecular formula is C10H11NO5. The van der Waals surface area contributed by atoms with Crippen LogP contribution in [0.15, 0.2) is 12.1 Å². The first-order valence-electron chi connectivity index (χ1n) is 5.38. The highest BCUT2D eigenvalue weighted by molar-refractivity contribution is 5.57. The summed E-state index contributed by atoms with van der Waals surface area (Å²) in [5.74, 6) is 0.571. The Morgan fingerprint density at radius 2 is 2.56 bits per heavy atom. The van der Waals surface area contributed by atoms with Gasteiger partial charge in [-0.1, -0.05) is 0 Å². The minimum absolute atomic E-state index is 0.166. The first kappa shape index (κ1) is 9.41. The third kappa shape index (κ3) is 1.67. The van der Waals surface area contributed by atoms with Gasteiger partial charge in [-0.25, -0.2) is 0 Å². The van der Waals surface area contributed by atoms with Gasteiger partial charge in [0.15, 0.2) is 17.6 Å². The summed E-state index contributed by atoms with van der Waals surface area (Å²) in [6.07, 6.45) is -0.546. The van der Waals surface area contributed by atoms with E-state index < -0.39 is 11.0 Å². The summed E-state index contributed by atoms with van der Waals surface area (Å²) >= 11 is 0. The summed E-state index contributed by atoms with van der Waals surface area (Å²) in [5.41, 5.74) is 0.00610. The molecule has 0 radical (unpaired) electrons. The van der Waals surface area contributed by atoms with Crippen LogP contribution in [0.1, 0.15) is 6.93 Å². The second kappa shape index (κ2) is 3.97. The molecule has 0 saturated carbocycles. The van der Waals surface area contributed by atoms with Crippen molar-refractivity contribution in [3.63, 3.8) is 0 Å². The molecule has 1 N–H and O–H groups in total. The van der Waals surface area contributed by atoms with Gasteiger partial charge < -0.3 is 14.6 Å². The van der Waals surface area contributed by atoms with Gasteiger partial charge >= 0.3 is 0 Å². The SMILES string of the molecule is [2H]Cc1c([N+](=O)[O-])ccc2c1OC(CO)CO2. The van der Waals surface area contributed by atoms with Gasteiger partial charge in [0.25, 0.3) is 5.69 Å². The van der Waals surface area contributed by atoms with Crippen molar-refractivity contribution in [1.29, 1.82) is 0 Å². The van der Waals surface area contributed by atoms with Crippen LogP contribution in [0.4, 0.5) is 5.69 Å². The Morgan fingerprint density at radius 3 is 3.19 bits per heavy atom. The Labute approximate surface area is 93.0 Å². The first-order valence-corrected chi connectivity index (χ1v) is 4.67. The van der Waals surface area contributed by atoms with Crippen LogP contribution in [0, 0.1) is 17.0 Å². The molecule has 1 heterocycles. The van der Waals surface area contributed by atoms with Gasteiger partial charge in [0.05, 0.1) is 17.1 Å². The van der Waals surface area contributed by atoms with Crippen LogP contribution in [0.3, 0.4) is 0 Å². The lowest BCUT2D eigenvalue weighted by molar-refractivity contribution is -0.385. The second-order valence-electron chi connectivity index (χ2n) is 3.38. The summed E-state index contributed by atoms with van der Waals surface area (Å²) in [5, 5.41) is 19.8. The van der Waals surface area contributed by atoms with Crippen molar-refractivity contribution >= 4 is 5.69 Å². The number of nitro benzene ring substituents is 1. The third-order valence-corrected chi connectivity index (χ3v) is 2.31. The molecule has 0 fully saturated rings. The molecular weight excluding hydrogens is 214 g/mol. The van der Waals surface area contributed by atoms with E-state index in [1.54, 1.807) is 0 Å². The Kier molecular flexibility index (Phi) is 2.34. The smallest absolute Gasteiger partial charge is 0.276 e. The van der Waals surface area contributed by atoms with Crippen molar-refractivity contribution in [3.05, 3.63) is 27.8 Å². The summed E-state index contributed by atoms with van der Waals surface area (Å²) in [4.78, 5) is 10.2. The van der Waals surface area contributed by atoms with Crippen LogP contribution in [0.25, 0.3) is 0 Å². The van der Waals surface area contributed by atoms with Crippen molar-refractivity contribution in [3.8, 4) is 11.5 Å². The molecule has 1 aromatic carbocycles. The lowest BCUT2D eigenvalue weighted by Crippen LogP contribution is -2.32. The number of hydrogen-bond acceptors (Lipinski definition) is 5. The molecule has 1 aliphatic heterocycles. The largest absolute Gasteiger partial charge is 0.486 e. The molecule has 2 rings (SSSR count). The highest BCUT2D eigenvalue weighted by Gasteiger charge is 2.26. The number of fused-ring (bicyclic) bond motifs is 1. The molecule has 0 saturated heterocycles. The predicted octanol–water partition coefficient (Wildman–Crippen LogP) is 1.04. The van der Waals surface area contributed by atoms with Crippen LogP contribution >= 0.6 is 0 Å². The Balaban J connectivity index is 2.48. The fourth-order valence-electron chi connectivity index (χ4n) is 1.48. The zero-order valence-corrected chi connectivity index (χ0v) is 8.38. The molecule has 0 bridgehead atoms. The lowest BCUT2D eigenvalue weighted by atomic mass is 10.1. The lowest BCUT2D eigenvalue weighted by Gasteiger charge is -2.26. The number of aliphatic hydroxyl groups excluding tert-OH is 1. The number of benzene rings is 1. The van der Waals surface area contributed by atoms with Crippen LogP contribution in [0.2, 0.25) is 0 Å². The molecule has 1 aliphatic rings. The molecule has 0 aliphatic carbocycles. The highest BCUT2D eigenvalue weighted by atomic mass is 16.6. The van der Waals surface area contributed by atoms with E-state index in [0.29, 0.717) is 5.75 Å². The van der Waals surface area contributed by atoms with Crippen LogP contribution in [0.5, 0.6) is 11.5 Å². The molecule has 6 nitrogen and oxygen atoms in total. The van der Waals surface area contributed by atoms with Gasteiger partial charge in [-0.2, -0.15) is 0 Å². The van der Waals surface area contributed by atoms with E-state index in [4.69, 9.17) is 16.0 Å². The van der Waals surface area contributed by atoms with E-state index in [0.717, 1.165) is 0 Å². The number of hydrogen-bond donors (Lipinski definition) is 1. The summed E-state index contributed by atoms with van der Waals surface area (Å²) in [7, 11) is 0. The summed E-state index contributed by atoms with van der Waals surface area (Å²) in [6, 6.07) is 2.74. The van der Waals surface area contributed by atoms with E-state index in [-0.39, 0.29) is 37.1 Å².